The SMILES string of the molecule is O=C(O)C(CO)N(O)C(=O)c1cccc2ccccc12. The zero-order valence-corrected chi connectivity index (χ0v) is 10.4. The Hall–Kier alpha value is -2.44. The van der Waals surface area contributed by atoms with Crippen molar-refractivity contribution >= 4 is 22.6 Å². The topological polar surface area (TPSA) is 98.1 Å². The molecule has 0 bridgehead atoms. The van der Waals surface area contributed by atoms with Gasteiger partial charge in [-0.3, -0.25) is 10.0 Å². The fourth-order valence-corrected chi connectivity index (χ4v) is 1.94. The summed E-state index contributed by atoms with van der Waals surface area (Å²) in [5, 5.41) is 28.9. The molecule has 1 amide bonds. The zero-order valence-electron chi connectivity index (χ0n) is 10.4. The van der Waals surface area contributed by atoms with Gasteiger partial charge in [0.2, 0.25) is 0 Å². The summed E-state index contributed by atoms with van der Waals surface area (Å²) < 4.78 is 0. The molecule has 1 unspecified atom stereocenters. The van der Waals surface area contributed by atoms with Crippen LogP contribution in [0.4, 0.5) is 0 Å². The molecule has 2 aromatic rings. The van der Waals surface area contributed by atoms with Crippen LogP contribution in [0.3, 0.4) is 0 Å². The maximum atomic E-state index is 12.2. The van der Waals surface area contributed by atoms with E-state index in [9.17, 15) is 14.8 Å². The molecule has 2 rings (SSSR count). The second-order valence-electron chi connectivity index (χ2n) is 4.21. The highest BCUT2D eigenvalue weighted by molar-refractivity contribution is 6.07. The van der Waals surface area contributed by atoms with Gasteiger partial charge in [0, 0.05) is 5.56 Å². The van der Waals surface area contributed by atoms with Gasteiger partial charge in [0.1, 0.15) is 0 Å². The third-order valence-electron chi connectivity index (χ3n) is 2.98. The van der Waals surface area contributed by atoms with E-state index >= 15 is 0 Å². The van der Waals surface area contributed by atoms with Gasteiger partial charge in [-0.15, -0.1) is 0 Å². The Balaban J connectivity index is 2.43. The van der Waals surface area contributed by atoms with Crippen molar-refractivity contribution in [2.24, 2.45) is 0 Å². The number of hydrogen-bond acceptors (Lipinski definition) is 4. The number of aliphatic hydroxyl groups is 1. The highest BCUT2D eigenvalue weighted by Crippen LogP contribution is 2.20. The Morgan fingerprint density at radius 3 is 2.40 bits per heavy atom. The number of amides is 1. The lowest BCUT2D eigenvalue weighted by atomic mass is 10.0. The lowest BCUT2D eigenvalue weighted by molar-refractivity contribution is -0.161. The van der Waals surface area contributed by atoms with Crippen LogP contribution < -0.4 is 0 Å². The van der Waals surface area contributed by atoms with E-state index in [1.165, 1.54) is 6.07 Å². The van der Waals surface area contributed by atoms with Crippen molar-refractivity contribution in [1.29, 1.82) is 0 Å². The summed E-state index contributed by atoms with van der Waals surface area (Å²) >= 11 is 0. The standard InChI is InChI=1S/C14H13NO5/c16-8-12(14(18)19)15(20)13(17)11-7-3-5-9-4-1-2-6-10(9)11/h1-7,12,16,20H,8H2,(H,18,19). The molecule has 20 heavy (non-hydrogen) atoms. The molecule has 6 nitrogen and oxygen atoms in total. The molecular formula is C14H13NO5. The molecule has 0 aromatic heterocycles. The molecule has 0 aliphatic carbocycles. The normalized spacial score (nSPS) is 12.1. The van der Waals surface area contributed by atoms with E-state index in [2.05, 4.69) is 0 Å². The Morgan fingerprint density at radius 2 is 1.75 bits per heavy atom. The van der Waals surface area contributed by atoms with Crippen molar-refractivity contribution < 1.29 is 25.0 Å². The number of rotatable bonds is 4. The van der Waals surface area contributed by atoms with Gasteiger partial charge in [-0.1, -0.05) is 36.4 Å². The summed E-state index contributed by atoms with van der Waals surface area (Å²) in [6, 6.07) is 10.3. The highest BCUT2D eigenvalue weighted by Gasteiger charge is 2.29. The van der Waals surface area contributed by atoms with Crippen LogP contribution in [-0.2, 0) is 4.79 Å². The van der Waals surface area contributed by atoms with E-state index < -0.39 is 24.5 Å². The van der Waals surface area contributed by atoms with E-state index in [-0.39, 0.29) is 10.6 Å². The molecule has 0 radical (unpaired) electrons. The molecule has 0 heterocycles. The largest absolute Gasteiger partial charge is 0.480 e. The van der Waals surface area contributed by atoms with Crippen molar-refractivity contribution in [3.63, 3.8) is 0 Å². The molecule has 104 valence electrons. The van der Waals surface area contributed by atoms with E-state index in [0.717, 1.165) is 5.39 Å². The van der Waals surface area contributed by atoms with Crippen LogP contribution >= 0.6 is 0 Å². The van der Waals surface area contributed by atoms with Crippen molar-refractivity contribution in [2.75, 3.05) is 6.61 Å². The summed E-state index contributed by atoms with van der Waals surface area (Å²) in [5.74, 6) is -2.35. The van der Waals surface area contributed by atoms with Crippen LogP contribution in [0.5, 0.6) is 0 Å². The van der Waals surface area contributed by atoms with Gasteiger partial charge in [0.05, 0.1) is 6.61 Å². The number of carbonyl (C=O) groups is 2. The van der Waals surface area contributed by atoms with Gasteiger partial charge < -0.3 is 10.2 Å². The van der Waals surface area contributed by atoms with Gasteiger partial charge in [-0.2, -0.15) is 0 Å². The average Bonchev–Trinajstić information content (AvgIpc) is 2.46. The Morgan fingerprint density at radius 1 is 1.10 bits per heavy atom. The molecule has 3 N–H and O–H groups in total. The number of carboxylic acids is 1. The fourth-order valence-electron chi connectivity index (χ4n) is 1.94. The molecular weight excluding hydrogens is 262 g/mol. The van der Waals surface area contributed by atoms with Crippen LogP contribution in [-0.4, -0.2) is 45.0 Å². The predicted molar refractivity (Wildman–Crippen MR) is 70.4 cm³/mol. The molecule has 2 aromatic carbocycles. The maximum absolute atomic E-state index is 12.2. The minimum atomic E-state index is -1.69. The number of hydroxylamine groups is 2. The number of nitrogens with zero attached hydrogens (tertiary/aromatic N) is 1. The number of carboxylic acid groups (broad SMARTS) is 1. The summed E-state index contributed by atoms with van der Waals surface area (Å²) in [6.45, 7) is -0.873. The molecule has 0 saturated carbocycles. The Labute approximate surface area is 114 Å². The van der Waals surface area contributed by atoms with E-state index in [1.54, 1.807) is 36.4 Å². The third-order valence-corrected chi connectivity index (χ3v) is 2.98. The second-order valence-corrected chi connectivity index (χ2v) is 4.21. The van der Waals surface area contributed by atoms with Crippen LogP contribution in [0.1, 0.15) is 10.4 Å². The molecule has 1 atom stereocenters. The monoisotopic (exact) mass is 275 g/mol. The molecule has 0 fully saturated rings. The van der Waals surface area contributed by atoms with Crippen molar-refractivity contribution in [3.05, 3.63) is 48.0 Å². The quantitative estimate of drug-likeness (QED) is 0.573. The minimum absolute atomic E-state index is 0.0457. The van der Waals surface area contributed by atoms with Crippen LogP contribution in [0.2, 0.25) is 0 Å². The van der Waals surface area contributed by atoms with Gasteiger partial charge >= 0.3 is 5.97 Å². The van der Waals surface area contributed by atoms with E-state index in [1.807, 2.05) is 0 Å². The minimum Gasteiger partial charge on any atom is -0.480 e. The van der Waals surface area contributed by atoms with Crippen molar-refractivity contribution in [1.82, 2.24) is 5.06 Å². The zero-order chi connectivity index (χ0) is 14.7. The number of aliphatic hydroxyl groups excluding tert-OH is 1. The first-order valence-corrected chi connectivity index (χ1v) is 5.90. The number of hydrogen-bond donors (Lipinski definition) is 3. The lowest BCUT2D eigenvalue weighted by Gasteiger charge is -2.21. The summed E-state index contributed by atoms with van der Waals surface area (Å²) in [6.07, 6.45) is 0. The van der Waals surface area contributed by atoms with Gasteiger partial charge in [0.15, 0.2) is 6.04 Å². The van der Waals surface area contributed by atoms with Crippen molar-refractivity contribution in [3.8, 4) is 0 Å². The summed E-state index contributed by atoms with van der Waals surface area (Å²) in [4.78, 5) is 23.0. The maximum Gasteiger partial charge on any atom is 0.331 e. The van der Waals surface area contributed by atoms with E-state index in [0.29, 0.717) is 5.39 Å². The molecule has 6 heteroatoms. The fraction of sp³-hybridized carbons (Fsp3) is 0.143. The van der Waals surface area contributed by atoms with Crippen LogP contribution in [0.15, 0.2) is 42.5 Å². The molecule has 0 saturated heterocycles. The molecule has 0 aliphatic rings. The van der Waals surface area contributed by atoms with Crippen LogP contribution in [0.25, 0.3) is 10.8 Å². The summed E-state index contributed by atoms with van der Waals surface area (Å²) in [7, 11) is 0. The number of benzene rings is 2. The van der Waals surface area contributed by atoms with Crippen molar-refractivity contribution in [2.45, 2.75) is 6.04 Å². The van der Waals surface area contributed by atoms with E-state index in [4.69, 9.17) is 10.2 Å². The third kappa shape index (κ3) is 2.47. The smallest absolute Gasteiger partial charge is 0.331 e. The summed E-state index contributed by atoms with van der Waals surface area (Å²) in [5.41, 5.74) is 0.172. The van der Waals surface area contributed by atoms with Gasteiger partial charge in [-0.05, 0) is 16.8 Å². The molecule has 0 aliphatic heterocycles. The first-order chi connectivity index (χ1) is 9.56. The number of aliphatic carboxylic acids is 1. The Kier molecular flexibility index (Phi) is 3.97. The highest BCUT2D eigenvalue weighted by atomic mass is 16.5. The van der Waals surface area contributed by atoms with Gasteiger partial charge in [0.25, 0.3) is 5.91 Å². The molecule has 0 spiro atoms. The number of carbonyl (C=O) groups excluding carboxylic acids is 1. The number of fused-ring (bicyclic) bond motifs is 1. The second kappa shape index (κ2) is 5.68. The first-order valence-electron chi connectivity index (χ1n) is 5.90. The average molecular weight is 275 g/mol. The lowest BCUT2D eigenvalue weighted by Crippen LogP contribution is -2.45. The van der Waals surface area contributed by atoms with Gasteiger partial charge in [-0.25, -0.2) is 9.86 Å². The Bertz CT molecular complexity index is 650. The first kappa shape index (κ1) is 14.0. The predicted octanol–water partition coefficient (Wildman–Crippen LogP) is 1.12. The van der Waals surface area contributed by atoms with Crippen LogP contribution in [0, 0.1) is 0 Å².